The summed E-state index contributed by atoms with van der Waals surface area (Å²) in [6.45, 7) is 0. The minimum absolute atomic E-state index is 1.28. The normalized spacial score (nSPS) is 43.3. The van der Waals surface area contributed by atoms with Crippen LogP contribution in [0.2, 0.25) is 0 Å². The molecule has 1 aliphatic rings. The van der Waals surface area contributed by atoms with E-state index in [0.717, 1.165) is 0 Å². The third-order valence-corrected chi connectivity index (χ3v) is 1.78. The lowest BCUT2D eigenvalue weighted by Gasteiger charge is -2.29. The van der Waals surface area contributed by atoms with E-state index in [0.29, 0.717) is 0 Å². The first-order valence-electron chi connectivity index (χ1n) is 3.27. The molecule has 1 rings (SSSR count). The van der Waals surface area contributed by atoms with Crippen LogP contribution >= 0.6 is 0 Å². The second-order valence-corrected chi connectivity index (χ2v) is 2.60. The number of Topliss-reactive ketones (excluding diaryl/α,β-unsaturated/α-hetero) is 2. The Balaban J connectivity index is 2.91. The second-order valence-electron chi connectivity index (χ2n) is 2.60. The molecular weight excluding hydrogens is 168 g/mol. The average molecular weight is 176 g/mol. The molecule has 0 aromatic carbocycles. The van der Waals surface area contributed by atoms with Crippen molar-refractivity contribution in [1.82, 2.24) is 0 Å². The standard InChI is InChI=1S/C6H8O6/c7-1-2(8)4(10)6(12)5(11)3(1)9/h1-4,7-10H/t1-,2?,3-,4?/m0/s1. The van der Waals surface area contributed by atoms with Crippen molar-refractivity contribution < 1.29 is 30.0 Å². The molecule has 0 aliphatic heterocycles. The summed E-state index contributed by atoms with van der Waals surface area (Å²) in [6, 6.07) is 0. The van der Waals surface area contributed by atoms with Crippen LogP contribution in [0.1, 0.15) is 0 Å². The van der Waals surface area contributed by atoms with E-state index in [4.69, 9.17) is 20.4 Å². The fraction of sp³-hybridized carbons (Fsp3) is 0.667. The molecule has 0 saturated heterocycles. The SMILES string of the molecule is O=C1C(=O)[C@@H](O)[C@@H](O)C(O)C1O. The van der Waals surface area contributed by atoms with E-state index in [1.54, 1.807) is 0 Å². The lowest BCUT2D eigenvalue weighted by Crippen LogP contribution is -2.59. The maximum absolute atomic E-state index is 10.7. The summed E-state index contributed by atoms with van der Waals surface area (Å²) in [7, 11) is 0. The topological polar surface area (TPSA) is 115 Å². The van der Waals surface area contributed by atoms with E-state index in [1.165, 1.54) is 0 Å². The maximum atomic E-state index is 10.7. The Morgan fingerprint density at radius 2 is 1.00 bits per heavy atom. The van der Waals surface area contributed by atoms with Crippen molar-refractivity contribution >= 4 is 11.6 Å². The Labute approximate surface area is 67.1 Å². The van der Waals surface area contributed by atoms with Crippen LogP contribution in [-0.2, 0) is 9.59 Å². The largest absolute Gasteiger partial charge is 0.387 e. The summed E-state index contributed by atoms with van der Waals surface area (Å²) >= 11 is 0. The molecule has 2 unspecified atom stereocenters. The Hall–Kier alpha value is -0.820. The molecule has 6 nitrogen and oxygen atoms in total. The highest BCUT2D eigenvalue weighted by Crippen LogP contribution is 2.14. The molecule has 1 aliphatic carbocycles. The number of aliphatic hydroxyl groups is 4. The Kier molecular flexibility index (Phi) is 2.25. The maximum Gasteiger partial charge on any atom is 0.232 e. The van der Waals surface area contributed by atoms with E-state index in [2.05, 4.69) is 0 Å². The molecule has 1 fully saturated rings. The predicted molar refractivity (Wildman–Crippen MR) is 34.0 cm³/mol. The number of hydrogen-bond acceptors (Lipinski definition) is 6. The monoisotopic (exact) mass is 176 g/mol. The number of hydrogen-bond donors (Lipinski definition) is 4. The molecule has 1 saturated carbocycles. The first kappa shape index (κ1) is 9.27. The third kappa shape index (κ3) is 1.14. The van der Waals surface area contributed by atoms with E-state index in [9.17, 15) is 9.59 Å². The number of rotatable bonds is 0. The smallest absolute Gasteiger partial charge is 0.232 e. The molecule has 0 amide bonds. The van der Waals surface area contributed by atoms with Gasteiger partial charge in [-0.25, -0.2) is 0 Å². The lowest BCUT2D eigenvalue weighted by atomic mass is 9.87. The fourth-order valence-corrected chi connectivity index (χ4v) is 0.975. The van der Waals surface area contributed by atoms with Gasteiger partial charge in [0.05, 0.1) is 0 Å². The summed E-state index contributed by atoms with van der Waals surface area (Å²) in [4.78, 5) is 21.3. The first-order valence-corrected chi connectivity index (χ1v) is 3.27. The Morgan fingerprint density at radius 3 is 1.25 bits per heavy atom. The molecular formula is C6H8O6. The highest BCUT2D eigenvalue weighted by atomic mass is 16.4. The lowest BCUT2D eigenvalue weighted by molar-refractivity contribution is -0.172. The van der Waals surface area contributed by atoms with Crippen LogP contribution in [0, 0.1) is 0 Å². The van der Waals surface area contributed by atoms with Gasteiger partial charge in [0.1, 0.15) is 24.4 Å². The second kappa shape index (κ2) is 2.91. The van der Waals surface area contributed by atoms with Crippen LogP contribution in [0.25, 0.3) is 0 Å². The highest BCUT2D eigenvalue weighted by molar-refractivity contribution is 6.41. The van der Waals surface area contributed by atoms with Crippen molar-refractivity contribution in [3.05, 3.63) is 0 Å². The highest BCUT2D eigenvalue weighted by Gasteiger charge is 2.47. The van der Waals surface area contributed by atoms with Crippen LogP contribution in [-0.4, -0.2) is 56.4 Å². The molecule has 0 aromatic heterocycles. The predicted octanol–water partition coefficient (Wildman–Crippen LogP) is -3.42. The van der Waals surface area contributed by atoms with E-state index in [-0.39, 0.29) is 0 Å². The molecule has 12 heavy (non-hydrogen) atoms. The van der Waals surface area contributed by atoms with Gasteiger partial charge in [0.2, 0.25) is 11.6 Å². The van der Waals surface area contributed by atoms with Gasteiger partial charge in [-0.1, -0.05) is 0 Å². The third-order valence-electron chi connectivity index (χ3n) is 1.78. The first-order chi connectivity index (χ1) is 5.46. The molecule has 4 N–H and O–H groups in total. The molecule has 0 heterocycles. The molecule has 6 heteroatoms. The summed E-state index contributed by atoms with van der Waals surface area (Å²) in [5, 5.41) is 35.4. The number of aliphatic hydroxyl groups excluding tert-OH is 4. The summed E-state index contributed by atoms with van der Waals surface area (Å²) < 4.78 is 0. The van der Waals surface area contributed by atoms with Crippen molar-refractivity contribution in [3.63, 3.8) is 0 Å². The summed E-state index contributed by atoms with van der Waals surface area (Å²) in [5.74, 6) is -2.55. The van der Waals surface area contributed by atoms with Gasteiger partial charge < -0.3 is 20.4 Å². The van der Waals surface area contributed by atoms with Crippen LogP contribution in [0.4, 0.5) is 0 Å². The molecule has 68 valence electrons. The molecule has 0 bridgehead atoms. The fourth-order valence-electron chi connectivity index (χ4n) is 0.975. The Bertz CT molecular complexity index is 200. The summed E-state index contributed by atoms with van der Waals surface area (Å²) in [6.07, 6.45) is -7.47. The number of carbonyl (C=O) groups excluding carboxylic acids is 2. The quantitative estimate of drug-likeness (QED) is 0.286. The minimum atomic E-state index is -1.93. The average Bonchev–Trinajstić information content (AvgIpc) is 2.08. The van der Waals surface area contributed by atoms with Gasteiger partial charge in [-0.2, -0.15) is 0 Å². The molecule has 0 aromatic rings. The van der Waals surface area contributed by atoms with Gasteiger partial charge >= 0.3 is 0 Å². The minimum Gasteiger partial charge on any atom is -0.387 e. The Morgan fingerprint density at radius 1 is 0.750 bits per heavy atom. The van der Waals surface area contributed by atoms with E-state index < -0.39 is 36.0 Å². The zero-order chi connectivity index (χ0) is 9.46. The molecule has 0 spiro atoms. The van der Waals surface area contributed by atoms with Gasteiger partial charge in [0.25, 0.3) is 0 Å². The van der Waals surface area contributed by atoms with Crippen LogP contribution < -0.4 is 0 Å². The van der Waals surface area contributed by atoms with Gasteiger partial charge in [-0.05, 0) is 0 Å². The van der Waals surface area contributed by atoms with Crippen molar-refractivity contribution in [1.29, 1.82) is 0 Å². The number of carbonyl (C=O) groups is 2. The zero-order valence-electron chi connectivity index (χ0n) is 5.91. The van der Waals surface area contributed by atoms with Crippen LogP contribution in [0.5, 0.6) is 0 Å². The van der Waals surface area contributed by atoms with Gasteiger partial charge in [-0.3, -0.25) is 9.59 Å². The molecule has 4 atom stereocenters. The van der Waals surface area contributed by atoms with E-state index in [1.807, 2.05) is 0 Å². The summed E-state index contributed by atoms with van der Waals surface area (Å²) in [5.41, 5.74) is 0. The van der Waals surface area contributed by atoms with Crippen LogP contribution in [0.3, 0.4) is 0 Å². The van der Waals surface area contributed by atoms with Crippen LogP contribution in [0.15, 0.2) is 0 Å². The van der Waals surface area contributed by atoms with Crippen molar-refractivity contribution in [2.45, 2.75) is 24.4 Å². The van der Waals surface area contributed by atoms with Gasteiger partial charge in [0.15, 0.2) is 0 Å². The molecule has 0 radical (unpaired) electrons. The van der Waals surface area contributed by atoms with Crippen molar-refractivity contribution in [2.24, 2.45) is 0 Å². The van der Waals surface area contributed by atoms with Gasteiger partial charge in [-0.15, -0.1) is 0 Å². The van der Waals surface area contributed by atoms with Gasteiger partial charge in [0, 0.05) is 0 Å². The van der Waals surface area contributed by atoms with E-state index >= 15 is 0 Å². The zero-order valence-corrected chi connectivity index (χ0v) is 5.91. The van der Waals surface area contributed by atoms with Crippen molar-refractivity contribution in [2.75, 3.05) is 0 Å². The van der Waals surface area contributed by atoms with Crippen molar-refractivity contribution in [3.8, 4) is 0 Å². The number of ketones is 2.